The van der Waals surface area contributed by atoms with Gasteiger partial charge in [0.25, 0.3) is 0 Å². The number of allylic oxidation sites excluding steroid dienone is 1. The summed E-state index contributed by atoms with van der Waals surface area (Å²) in [5.41, 5.74) is 2.97. The van der Waals surface area contributed by atoms with Crippen LogP contribution in [0.15, 0.2) is 29.8 Å². The van der Waals surface area contributed by atoms with Crippen LogP contribution in [0.4, 0.5) is 0 Å². The Morgan fingerprint density at radius 2 is 2.06 bits per heavy atom. The van der Waals surface area contributed by atoms with E-state index in [0.29, 0.717) is 5.02 Å². The minimum Gasteiger partial charge on any atom is -0.316 e. The van der Waals surface area contributed by atoms with Crippen LogP contribution < -0.4 is 5.32 Å². The van der Waals surface area contributed by atoms with Crippen molar-refractivity contribution in [3.8, 4) is 6.07 Å². The van der Waals surface area contributed by atoms with Crippen LogP contribution >= 0.6 is 11.6 Å². The predicted octanol–water partition coefficient (Wildman–Crippen LogP) is 3.00. The summed E-state index contributed by atoms with van der Waals surface area (Å²) in [6.07, 6.45) is 1.91. The molecule has 0 bridgehead atoms. The van der Waals surface area contributed by atoms with Crippen LogP contribution in [0.2, 0.25) is 5.02 Å². The summed E-state index contributed by atoms with van der Waals surface area (Å²) in [5, 5.41) is 13.2. The first-order valence-corrected chi connectivity index (χ1v) is 5.78. The molecule has 1 aromatic rings. The van der Waals surface area contributed by atoms with E-state index in [9.17, 15) is 5.26 Å². The van der Waals surface area contributed by atoms with Crippen LogP contribution in [0.1, 0.15) is 18.4 Å². The maximum atomic E-state index is 9.25. The monoisotopic (exact) mass is 232 g/mol. The molecule has 0 spiro atoms. The summed E-state index contributed by atoms with van der Waals surface area (Å²) < 4.78 is 0. The zero-order valence-electron chi connectivity index (χ0n) is 8.96. The second-order valence-corrected chi connectivity index (χ2v) is 4.29. The van der Waals surface area contributed by atoms with Gasteiger partial charge in [-0.25, -0.2) is 0 Å². The van der Waals surface area contributed by atoms with Crippen LogP contribution in [-0.2, 0) is 0 Å². The summed E-state index contributed by atoms with van der Waals surface area (Å²) >= 11 is 5.94. The highest BCUT2D eigenvalue weighted by molar-refractivity contribution is 6.30. The second-order valence-electron chi connectivity index (χ2n) is 3.85. The van der Waals surface area contributed by atoms with Gasteiger partial charge in [-0.15, -0.1) is 0 Å². The molecule has 0 unspecified atom stereocenters. The Morgan fingerprint density at radius 1 is 1.31 bits per heavy atom. The van der Waals surface area contributed by atoms with Crippen LogP contribution in [0.5, 0.6) is 0 Å². The standard InChI is InChI=1S/C13H13ClN2/c14-12-3-1-2-11(8-12)13(9-15)10-4-6-16-7-5-10/h1-3,8,16H,4-7H2. The lowest BCUT2D eigenvalue weighted by atomic mass is 9.95. The molecule has 2 nitrogen and oxygen atoms in total. The molecule has 1 aromatic carbocycles. The normalized spacial score (nSPS) is 15.6. The molecule has 1 N–H and O–H groups in total. The van der Waals surface area contributed by atoms with Gasteiger partial charge in [-0.05, 0) is 49.2 Å². The largest absolute Gasteiger partial charge is 0.316 e. The van der Waals surface area contributed by atoms with Gasteiger partial charge in [0, 0.05) is 5.02 Å². The van der Waals surface area contributed by atoms with E-state index in [0.717, 1.165) is 37.1 Å². The first-order valence-electron chi connectivity index (χ1n) is 5.40. The molecule has 1 fully saturated rings. The number of hydrogen-bond acceptors (Lipinski definition) is 2. The van der Waals surface area contributed by atoms with Crippen molar-refractivity contribution in [3.63, 3.8) is 0 Å². The lowest BCUT2D eigenvalue weighted by Gasteiger charge is -2.17. The first kappa shape index (κ1) is 11.2. The number of piperidine rings is 1. The van der Waals surface area contributed by atoms with Crippen molar-refractivity contribution in [1.82, 2.24) is 5.32 Å². The number of halogens is 1. The van der Waals surface area contributed by atoms with Crippen LogP contribution in [0.3, 0.4) is 0 Å². The van der Waals surface area contributed by atoms with Crippen LogP contribution in [0, 0.1) is 11.3 Å². The molecule has 0 saturated carbocycles. The molecule has 2 rings (SSSR count). The number of benzene rings is 1. The number of nitriles is 1. The summed E-state index contributed by atoms with van der Waals surface area (Å²) in [5.74, 6) is 0. The smallest absolute Gasteiger partial charge is 0.0997 e. The van der Waals surface area contributed by atoms with Crippen molar-refractivity contribution >= 4 is 17.2 Å². The Bertz CT molecular complexity index is 449. The zero-order chi connectivity index (χ0) is 11.4. The molecule has 1 aliphatic heterocycles. The first-order chi connectivity index (χ1) is 7.81. The van der Waals surface area contributed by atoms with Gasteiger partial charge in [-0.3, -0.25) is 0 Å². The second kappa shape index (κ2) is 5.16. The Morgan fingerprint density at radius 3 is 2.69 bits per heavy atom. The van der Waals surface area contributed by atoms with Crippen molar-refractivity contribution in [1.29, 1.82) is 5.26 Å². The highest BCUT2D eigenvalue weighted by Gasteiger charge is 2.12. The molecule has 0 aliphatic carbocycles. The van der Waals surface area contributed by atoms with E-state index >= 15 is 0 Å². The van der Waals surface area contributed by atoms with Crippen LogP contribution in [-0.4, -0.2) is 13.1 Å². The molecular formula is C13H13ClN2. The summed E-state index contributed by atoms with van der Waals surface area (Å²) in [6.45, 7) is 1.92. The number of rotatable bonds is 1. The molecule has 1 heterocycles. The fourth-order valence-corrected chi connectivity index (χ4v) is 2.16. The Kier molecular flexibility index (Phi) is 3.61. The molecule has 16 heavy (non-hydrogen) atoms. The van der Waals surface area contributed by atoms with Gasteiger partial charge in [0.1, 0.15) is 0 Å². The third-order valence-electron chi connectivity index (χ3n) is 2.79. The third kappa shape index (κ3) is 2.44. The fourth-order valence-electron chi connectivity index (χ4n) is 1.97. The molecule has 0 radical (unpaired) electrons. The Hall–Kier alpha value is -1.30. The van der Waals surface area contributed by atoms with E-state index < -0.39 is 0 Å². The molecule has 82 valence electrons. The molecule has 0 amide bonds. The lowest BCUT2D eigenvalue weighted by molar-refractivity contribution is 0.612. The molecular weight excluding hydrogens is 220 g/mol. The van der Waals surface area contributed by atoms with Crippen LogP contribution in [0.25, 0.3) is 5.57 Å². The van der Waals surface area contributed by atoms with E-state index in [2.05, 4.69) is 11.4 Å². The van der Waals surface area contributed by atoms with E-state index in [1.165, 1.54) is 5.57 Å². The Balaban J connectivity index is 2.39. The SMILES string of the molecule is N#CC(=C1CCNCC1)c1cccc(Cl)c1. The molecule has 0 aromatic heterocycles. The van der Waals surface area contributed by atoms with Gasteiger partial charge >= 0.3 is 0 Å². The number of nitrogens with zero attached hydrogens (tertiary/aromatic N) is 1. The van der Waals surface area contributed by atoms with Crippen molar-refractivity contribution in [2.24, 2.45) is 0 Å². The molecule has 0 atom stereocenters. The molecule has 1 saturated heterocycles. The minimum atomic E-state index is 0.680. The van der Waals surface area contributed by atoms with Crippen molar-refractivity contribution < 1.29 is 0 Å². The number of nitrogens with one attached hydrogen (secondary N) is 1. The van der Waals surface area contributed by atoms with E-state index in [1.807, 2.05) is 24.3 Å². The van der Waals surface area contributed by atoms with Crippen molar-refractivity contribution in [2.45, 2.75) is 12.8 Å². The molecule has 1 aliphatic rings. The lowest BCUT2D eigenvalue weighted by Crippen LogP contribution is -2.23. The van der Waals surface area contributed by atoms with Gasteiger partial charge < -0.3 is 5.32 Å². The summed E-state index contributed by atoms with van der Waals surface area (Å²) in [4.78, 5) is 0. The average molecular weight is 233 g/mol. The topological polar surface area (TPSA) is 35.8 Å². The van der Waals surface area contributed by atoms with Crippen molar-refractivity contribution in [3.05, 3.63) is 40.4 Å². The van der Waals surface area contributed by atoms with E-state index in [-0.39, 0.29) is 0 Å². The van der Waals surface area contributed by atoms with Crippen molar-refractivity contribution in [2.75, 3.05) is 13.1 Å². The average Bonchev–Trinajstić information content (AvgIpc) is 2.31. The summed E-state index contributed by atoms with van der Waals surface area (Å²) in [7, 11) is 0. The van der Waals surface area contributed by atoms with E-state index in [1.54, 1.807) is 0 Å². The Labute approximate surface area is 101 Å². The van der Waals surface area contributed by atoms with Gasteiger partial charge in [0.2, 0.25) is 0 Å². The fraction of sp³-hybridized carbons (Fsp3) is 0.308. The highest BCUT2D eigenvalue weighted by atomic mass is 35.5. The van der Waals surface area contributed by atoms with Gasteiger partial charge in [0.05, 0.1) is 11.6 Å². The maximum Gasteiger partial charge on any atom is 0.0997 e. The minimum absolute atomic E-state index is 0.680. The third-order valence-corrected chi connectivity index (χ3v) is 3.02. The molecule has 3 heteroatoms. The zero-order valence-corrected chi connectivity index (χ0v) is 9.72. The van der Waals surface area contributed by atoms with E-state index in [4.69, 9.17) is 11.6 Å². The quantitative estimate of drug-likeness (QED) is 0.756. The summed E-state index contributed by atoms with van der Waals surface area (Å²) in [6, 6.07) is 9.82. The number of hydrogen-bond donors (Lipinski definition) is 1. The van der Waals surface area contributed by atoms with Gasteiger partial charge in [-0.1, -0.05) is 23.7 Å². The predicted molar refractivity (Wildman–Crippen MR) is 66.1 cm³/mol. The highest BCUT2D eigenvalue weighted by Crippen LogP contribution is 2.25. The van der Waals surface area contributed by atoms with Gasteiger partial charge in [-0.2, -0.15) is 5.26 Å². The van der Waals surface area contributed by atoms with Gasteiger partial charge in [0.15, 0.2) is 0 Å². The maximum absolute atomic E-state index is 9.25.